The zero-order valence-electron chi connectivity index (χ0n) is 26.8. The lowest BCUT2D eigenvalue weighted by Gasteiger charge is -2.37. The molecule has 4 aromatic rings. The fourth-order valence-corrected chi connectivity index (χ4v) is 6.95. The molecule has 1 spiro atoms. The van der Waals surface area contributed by atoms with Crippen molar-refractivity contribution in [2.75, 3.05) is 33.3 Å². The third-order valence-electron chi connectivity index (χ3n) is 9.78. The van der Waals surface area contributed by atoms with Gasteiger partial charge in [-0.15, -0.1) is 0 Å². The highest BCUT2D eigenvalue weighted by Crippen LogP contribution is 2.61. The minimum Gasteiger partial charge on any atom is -0.382 e. The zero-order valence-corrected chi connectivity index (χ0v) is 26.8. The quantitative estimate of drug-likeness (QED) is 0.170. The summed E-state index contributed by atoms with van der Waals surface area (Å²) >= 11 is 0. The van der Waals surface area contributed by atoms with Gasteiger partial charge in [-0.3, -0.25) is 14.6 Å². The second kappa shape index (κ2) is 14.1. The number of rotatable bonds is 8. The lowest BCUT2D eigenvalue weighted by atomic mass is 9.84. The van der Waals surface area contributed by atoms with E-state index in [9.17, 15) is 18.7 Å². The highest BCUT2D eigenvalue weighted by molar-refractivity contribution is 6.02. The van der Waals surface area contributed by atoms with Gasteiger partial charge in [0.15, 0.2) is 5.78 Å². The Balaban J connectivity index is 0.000000165. The van der Waals surface area contributed by atoms with Crippen molar-refractivity contribution < 1.29 is 28.2 Å². The first kappa shape index (κ1) is 33.1. The monoisotopic (exact) mass is 640 g/mol. The molecule has 0 aromatic heterocycles. The second-order valence-electron chi connectivity index (χ2n) is 12.8. The van der Waals surface area contributed by atoms with Crippen LogP contribution in [0.4, 0.5) is 8.78 Å². The molecule has 1 unspecified atom stereocenters. The van der Waals surface area contributed by atoms with E-state index in [0.29, 0.717) is 31.5 Å². The second-order valence-corrected chi connectivity index (χ2v) is 12.8. The number of likely N-dealkylation sites (tertiary alicyclic amines) is 2. The number of nitrogens with zero attached hydrogens (tertiary/aromatic N) is 2. The number of carbonyl (C=O) groups is 1. The van der Waals surface area contributed by atoms with Crippen LogP contribution in [0.1, 0.15) is 52.7 Å². The van der Waals surface area contributed by atoms with Crippen LogP contribution in [0, 0.1) is 11.6 Å². The summed E-state index contributed by atoms with van der Waals surface area (Å²) in [5.74, 6) is -1.64. The topological polar surface area (TPSA) is 65.5 Å². The number of ether oxygens (including phenoxy) is 2. The summed E-state index contributed by atoms with van der Waals surface area (Å²) in [6, 6.07) is 32.5. The molecular weight excluding hydrogens is 598 g/mol. The first-order chi connectivity index (χ1) is 22.7. The van der Waals surface area contributed by atoms with Crippen LogP contribution in [0.25, 0.3) is 0 Å². The van der Waals surface area contributed by atoms with E-state index in [2.05, 4.69) is 46.2 Å². The van der Waals surface area contributed by atoms with Crippen LogP contribution in [0.5, 0.6) is 0 Å². The molecular formula is C39H42F2N2O4. The summed E-state index contributed by atoms with van der Waals surface area (Å²) in [7, 11) is 1.68. The molecule has 3 heterocycles. The molecule has 1 N–H and O–H groups in total. The Morgan fingerprint density at radius 3 is 1.62 bits per heavy atom. The maximum Gasteiger partial charge on any atom is 0.225 e. The minimum absolute atomic E-state index is 0.239. The molecule has 3 saturated heterocycles. The molecule has 3 aliphatic heterocycles. The lowest BCUT2D eigenvalue weighted by molar-refractivity contribution is -0.0157. The number of methoxy groups -OCH3 is 1. The van der Waals surface area contributed by atoms with E-state index in [1.807, 2.05) is 24.3 Å². The molecule has 6 nitrogen and oxygen atoms in total. The van der Waals surface area contributed by atoms with E-state index in [1.54, 1.807) is 19.2 Å². The van der Waals surface area contributed by atoms with Gasteiger partial charge in [0.05, 0.1) is 0 Å². The number of epoxide rings is 1. The van der Waals surface area contributed by atoms with Crippen LogP contribution in [0.3, 0.4) is 0 Å². The van der Waals surface area contributed by atoms with Crippen molar-refractivity contribution in [3.63, 3.8) is 0 Å². The number of halogens is 2. The highest BCUT2D eigenvalue weighted by atomic mass is 19.1. The average molecular weight is 641 g/mol. The summed E-state index contributed by atoms with van der Waals surface area (Å²) in [6.07, 6.45) is 2.64. The average Bonchev–Trinajstić information content (AvgIpc) is 3.75. The van der Waals surface area contributed by atoms with Gasteiger partial charge in [-0.05, 0) is 73.2 Å². The minimum atomic E-state index is -1.34. The number of benzene rings is 4. The molecule has 7 rings (SSSR count). The molecule has 8 heteroatoms. The van der Waals surface area contributed by atoms with Crippen molar-refractivity contribution in [3.05, 3.63) is 143 Å². The lowest BCUT2D eigenvalue weighted by Crippen LogP contribution is -2.49. The largest absolute Gasteiger partial charge is 0.382 e. The van der Waals surface area contributed by atoms with E-state index < -0.39 is 11.4 Å². The van der Waals surface area contributed by atoms with Gasteiger partial charge in [0, 0.05) is 57.5 Å². The van der Waals surface area contributed by atoms with Crippen molar-refractivity contribution in [1.29, 1.82) is 0 Å². The molecule has 4 aromatic carbocycles. The Morgan fingerprint density at radius 2 is 1.15 bits per heavy atom. The summed E-state index contributed by atoms with van der Waals surface area (Å²) in [5.41, 5.74) is 2.22. The standard InChI is InChI=1S/C20H22FNO2.C19H20FNO2/c1-23-20(17-7-9-18(21)10-8-17)19(24-20)11-13-22(14-12-19)15-16-5-3-2-4-6-16;20-17-8-6-16(7-9-17)18(22)19(23)10-12-21(13-11-19)14-15-4-2-1-3-5-15/h2-10H,11-15H2,1H3;1-9,23H,10-14H2. The van der Waals surface area contributed by atoms with Gasteiger partial charge in [0.25, 0.3) is 0 Å². The summed E-state index contributed by atoms with van der Waals surface area (Å²) in [6.45, 7) is 5.06. The van der Waals surface area contributed by atoms with Gasteiger partial charge in [0.1, 0.15) is 22.8 Å². The van der Waals surface area contributed by atoms with Gasteiger partial charge >= 0.3 is 0 Å². The molecule has 0 saturated carbocycles. The van der Waals surface area contributed by atoms with Crippen LogP contribution in [-0.2, 0) is 28.4 Å². The third kappa shape index (κ3) is 7.37. The van der Waals surface area contributed by atoms with Gasteiger partial charge < -0.3 is 14.6 Å². The predicted molar refractivity (Wildman–Crippen MR) is 176 cm³/mol. The number of carbonyl (C=O) groups excluding carboxylic acids is 1. The number of ketones is 1. The number of aliphatic hydroxyl groups is 1. The molecule has 3 fully saturated rings. The Bertz CT molecular complexity index is 1600. The highest BCUT2D eigenvalue weighted by Gasteiger charge is 2.72. The van der Waals surface area contributed by atoms with Gasteiger partial charge in [-0.2, -0.15) is 0 Å². The molecule has 1 atom stereocenters. The Kier molecular flexibility index (Phi) is 9.96. The SMILES string of the molecule is COC1(c2ccc(F)cc2)OC12CCN(Cc1ccccc1)CC2.O=C(c1ccc(F)cc1)C1(O)CCN(Cc2ccccc2)CC1. The van der Waals surface area contributed by atoms with Crippen LogP contribution in [-0.4, -0.2) is 65.2 Å². The first-order valence-corrected chi connectivity index (χ1v) is 16.3. The summed E-state index contributed by atoms with van der Waals surface area (Å²) in [4.78, 5) is 17.2. The van der Waals surface area contributed by atoms with Gasteiger partial charge in [-0.25, -0.2) is 8.78 Å². The van der Waals surface area contributed by atoms with Crippen LogP contribution < -0.4 is 0 Å². The fraction of sp³-hybridized carbons (Fsp3) is 0.359. The zero-order chi connectivity index (χ0) is 32.9. The van der Waals surface area contributed by atoms with E-state index in [4.69, 9.17) is 9.47 Å². The maximum atomic E-state index is 13.2. The van der Waals surface area contributed by atoms with Gasteiger partial charge in [0.2, 0.25) is 5.79 Å². The molecule has 0 radical (unpaired) electrons. The van der Waals surface area contributed by atoms with Crippen molar-refractivity contribution in [2.45, 2.75) is 55.8 Å². The van der Waals surface area contributed by atoms with Crippen LogP contribution >= 0.6 is 0 Å². The van der Waals surface area contributed by atoms with Crippen LogP contribution in [0.15, 0.2) is 109 Å². The number of hydrogen-bond donors (Lipinski definition) is 1. The fourth-order valence-electron chi connectivity index (χ4n) is 6.95. The summed E-state index contributed by atoms with van der Waals surface area (Å²) in [5, 5.41) is 10.7. The van der Waals surface area contributed by atoms with E-state index >= 15 is 0 Å². The smallest absolute Gasteiger partial charge is 0.225 e. The number of Topliss-reactive ketones (excluding diaryl/α,β-unsaturated/α-hetero) is 1. The van der Waals surface area contributed by atoms with Crippen molar-refractivity contribution in [2.24, 2.45) is 0 Å². The van der Waals surface area contributed by atoms with Crippen molar-refractivity contribution in [3.8, 4) is 0 Å². The van der Waals surface area contributed by atoms with E-state index in [0.717, 1.165) is 44.6 Å². The van der Waals surface area contributed by atoms with Gasteiger partial charge in [-0.1, -0.05) is 72.8 Å². The third-order valence-corrected chi connectivity index (χ3v) is 9.78. The molecule has 0 amide bonds. The summed E-state index contributed by atoms with van der Waals surface area (Å²) < 4.78 is 38.1. The van der Waals surface area contributed by atoms with Crippen molar-refractivity contribution in [1.82, 2.24) is 9.80 Å². The molecule has 47 heavy (non-hydrogen) atoms. The molecule has 246 valence electrons. The Hall–Kier alpha value is -3.79. The Labute approximate surface area is 275 Å². The molecule has 0 aliphatic carbocycles. The number of piperidine rings is 2. The normalized spacial score (nSPS) is 21.9. The predicted octanol–water partition coefficient (Wildman–Crippen LogP) is 6.73. The maximum absolute atomic E-state index is 13.2. The number of hydrogen-bond acceptors (Lipinski definition) is 6. The van der Waals surface area contributed by atoms with E-state index in [-0.39, 0.29) is 23.0 Å². The van der Waals surface area contributed by atoms with Crippen LogP contribution in [0.2, 0.25) is 0 Å². The Morgan fingerprint density at radius 1 is 0.702 bits per heavy atom. The molecule has 0 bridgehead atoms. The molecule has 3 aliphatic rings. The van der Waals surface area contributed by atoms with E-state index in [1.165, 1.54) is 47.5 Å². The first-order valence-electron chi connectivity index (χ1n) is 16.3. The van der Waals surface area contributed by atoms with Crippen molar-refractivity contribution >= 4 is 5.78 Å².